The van der Waals surface area contributed by atoms with Crippen LogP contribution in [0.15, 0.2) is 35.6 Å². The number of Topliss-reactive ketones (excluding diaryl/α,β-unsaturated/α-hetero) is 1. The summed E-state index contributed by atoms with van der Waals surface area (Å²) in [6.07, 6.45) is 0.739. The molecule has 8 heteroatoms. The number of sulfone groups is 1. The van der Waals surface area contributed by atoms with Crippen molar-refractivity contribution in [2.24, 2.45) is 5.41 Å². The molecule has 0 aromatic heterocycles. The van der Waals surface area contributed by atoms with E-state index in [0.717, 1.165) is 5.56 Å². The predicted molar refractivity (Wildman–Crippen MR) is 107 cm³/mol. The number of ether oxygens (including phenoxy) is 1. The number of rotatable bonds is 2. The lowest BCUT2D eigenvalue weighted by molar-refractivity contribution is -0.537. The van der Waals surface area contributed by atoms with E-state index in [0.29, 0.717) is 29.7 Å². The van der Waals surface area contributed by atoms with Gasteiger partial charge in [-0.3, -0.25) is 14.9 Å². The van der Waals surface area contributed by atoms with Crippen LogP contribution in [0.2, 0.25) is 0 Å². The fraction of sp³-hybridized carbons (Fsp3) is 0.571. The van der Waals surface area contributed by atoms with Crippen molar-refractivity contribution >= 4 is 15.6 Å². The first-order chi connectivity index (χ1) is 13.4. The molecule has 29 heavy (non-hydrogen) atoms. The third-order valence-corrected chi connectivity index (χ3v) is 8.82. The molecule has 7 nitrogen and oxygen atoms in total. The molecular formula is C21H25NO6S. The first-order valence-electron chi connectivity index (χ1n) is 9.73. The number of hydrogen-bond donors (Lipinski definition) is 0. The Morgan fingerprint density at radius 1 is 1.14 bits per heavy atom. The number of hydrogen-bond acceptors (Lipinski definition) is 6. The number of carbonyl (C=O) groups is 1. The van der Waals surface area contributed by atoms with Gasteiger partial charge in [0.2, 0.25) is 0 Å². The number of benzene rings is 1. The highest BCUT2D eigenvalue weighted by Crippen LogP contribution is 2.55. The largest absolute Gasteiger partial charge is 0.483 e. The fourth-order valence-corrected chi connectivity index (χ4v) is 7.94. The molecule has 0 spiro atoms. The zero-order valence-corrected chi connectivity index (χ0v) is 17.8. The Kier molecular flexibility index (Phi) is 4.25. The van der Waals surface area contributed by atoms with Crippen molar-refractivity contribution in [2.75, 3.05) is 5.75 Å². The summed E-state index contributed by atoms with van der Waals surface area (Å²) >= 11 is 0. The van der Waals surface area contributed by atoms with Crippen molar-refractivity contribution in [3.63, 3.8) is 0 Å². The molecule has 1 fully saturated rings. The van der Waals surface area contributed by atoms with E-state index in [1.54, 1.807) is 0 Å². The fourth-order valence-electron chi connectivity index (χ4n) is 5.22. The molecule has 3 aliphatic rings. The monoisotopic (exact) mass is 419 g/mol. The quantitative estimate of drug-likeness (QED) is 0.539. The van der Waals surface area contributed by atoms with Gasteiger partial charge in [-0.25, -0.2) is 8.42 Å². The molecule has 0 amide bonds. The Morgan fingerprint density at radius 2 is 1.76 bits per heavy atom. The summed E-state index contributed by atoms with van der Waals surface area (Å²) in [5, 5.41) is 10.6. The molecule has 1 aliphatic carbocycles. The number of aryl methyl sites for hydroxylation is 1. The minimum atomic E-state index is -3.86. The Labute approximate surface area is 170 Å². The van der Waals surface area contributed by atoms with Crippen molar-refractivity contribution in [1.82, 2.24) is 0 Å². The van der Waals surface area contributed by atoms with Crippen molar-refractivity contribution in [1.29, 1.82) is 0 Å². The highest BCUT2D eigenvalue weighted by Gasteiger charge is 2.70. The van der Waals surface area contributed by atoms with Crippen LogP contribution in [0.3, 0.4) is 0 Å². The lowest BCUT2D eigenvalue weighted by atomic mass is 9.68. The van der Waals surface area contributed by atoms with Gasteiger partial charge in [0.05, 0.1) is 0 Å². The lowest BCUT2D eigenvalue weighted by Crippen LogP contribution is -2.56. The van der Waals surface area contributed by atoms with Gasteiger partial charge >= 0.3 is 0 Å². The average Bonchev–Trinajstić information content (AvgIpc) is 2.79. The number of nitro groups is 1. The average molecular weight is 419 g/mol. The maximum atomic E-state index is 13.2. The van der Waals surface area contributed by atoms with Crippen molar-refractivity contribution in [3.8, 4) is 0 Å². The van der Waals surface area contributed by atoms with Crippen molar-refractivity contribution in [2.45, 2.75) is 63.3 Å². The number of fused-ring (bicyclic) bond motifs is 1. The normalized spacial score (nSPS) is 34.9. The second-order valence-corrected chi connectivity index (χ2v) is 11.7. The van der Waals surface area contributed by atoms with Gasteiger partial charge in [0.1, 0.15) is 16.8 Å². The topological polar surface area (TPSA) is 104 Å². The molecule has 156 valence electrons. The molecule has 2 heterocycles. The number of ketones is 1. The van der Waals surface area contributed by atoms with Gasteiger partial charge in [-0.05, 0) is 24.8 Å². The van der Waals surface area contributed by atoms with Crippen LogP contribution in [0.5, 0.6) is 0 Å². The van der Waals surface area contributed by atoms with Crippen molar-refractivity contribution < 1.29 is 22.9 Å². The Bertz CT molecular complexity index is 1040. The summed E-state index contributed by atoms with van der Waals surface area (Å²) in [5.74, 6) is -1.06. The van der Waals surface area contributed by atoms with E-state index in [9.17, 15) is 23.3 Å². The van der Waals surface area contributed by atoms with E-state index < -0.39 is 43.3 Å². The van der Waals surface area contributed by atoms with Crippen LogP contribution in [-0.2, 0) is 19.4 Å². The first-order valence-corrected chi connectivity index (χ1v) is 11.4. The summed E-state index contributed by atoms with van der Waals surface area (Å²) < 4.78 is 32.4. The number of carbonyl (C=O) groups excluding carboxylic acids is 1. The van der Waals surface area contributed by atoms with Crippen LogP contribution < -0.4 is 0 Å². The SMILES string of the molecule is Cc1ccc([C@@H]2C3=C(CC(C)(C)CC3=O)O[C@@]3(C)[C@@H]2S(=O)(=O)C[C@H]3[N+](=O)[O-])cc1. The van der Waals surface area contributed by atoms with Gasteiger partial charge in [-0.1, -0.05) is 43.7 Å². The summed E-state index contributed by atoms with van der Waals surface area (Å²) in [6.45, 7) is 7.34. The second-order valence-electron chi connectivity index (χ2n) is 9.50. The Morgan fingerprint density at radius 3 is 2.34 bits per heavy atom. The number of nitrogens with zero attached hydrogens (tertiary/aromatic N) is 1. The van der Waals surface area contributed by atoms with Crippen LogP contribution in [0.4, 0.5) is 0 Å². The minimum absolute atomic E-state index is 0.136. The van der Waals surface area contributed by atoms with Gasteiger partial charge in [-0.15, -0.1) is 0 Å². The maximum absolute atomic E-state index is 13.2. The number of allylic oxidation sites excluding steroid dienone is 2. The van der Waals surface area contributed by atoms with Gasteiger partial charge < -0.3 is 4.74 Å². The molecule has 0 bridgehead atoms. The van der Waals surface area contributed by atoms with Crippen molar-refractivity contribution in [3.05, 3.63) is 56.8 Å². The van der Waals surface area contributed by atoms with E-state index in [1.807, 2.05) is 45.0 Å². The third kappa shape index (κ3) is 2.99. The zero-order valence-electron chi connectivity index (χ0n) is 17.0. The standard InChI is InChI=1S/C21H25NO6S/c1-12-5-7-13(8-6-12)17-18-14(23)9-20(2,3)10-15(18)28-21(4)16(22(24)25)11-29(26,27)19(17)21/h5-8,16-17,19H,9-11H2,1-4H3/t16-,17-,19-,21-/m1/s1. The van der Waals surface area contributed by atoms with Gasteiger partial charge in [0.25, 0.3) is 6.04 Å². The van der Waals surface area contributed by atoms with Crippen LogP contribution in [0, 0.1) is 22.5 Å². The molecule has 1 saturated heterocycles. The van der Waals surface area contributed by atoms with Crippen LogP contribution in [-0.4, -0.2) is 41.8 Å². The van der Waals surface area contributed by atoms with Crippen LogP contribution in [0.25, 0.3) is 0 Å². The van der Waals surface area contributed by atoms with E-state index in [4.69, 9.17) is 4.74 Å². The third-order valence-electron chi connectivity index (χ3n) is 6.53. The van der Waals surface area contributed by atoms with E-state index in [1.165, 1.54) is 6.92 Å². The summed E-state index contributed by atoms with van der Waals surface area (Å²) in [5.41, 5.74) is 0.195. The minimum Gasteiger partial charge on any atom is -0.483 e. The Balaban J connectivity index is 1.99. The Hall–Kier alpha value is -2.22. The molecule has 4 rings (SSSR count). The molecular weight excluding hydrogens is 394 g/mol. The second kappa shape index (κ2) is 6.14. The summed E-state index contributed by atoms with van der Waals surface area (Å²) in [6, 6.07) is 5.99. The molecule has 4 atom stereocenters. The van der Waals surface area contributed by atoms with Crippen LogP contribution >= 0.6 is 0 Å². The van der Waals surface area contributed by atoms with E-state index >= 15 is 0 Å². The molecule has 0 N–H and O–H groups in total. The molecule has 0 unspecified atom stereocenters. The van der Waals surface area contributed by atoms with E-state index in [-0.39, 0.29) is 11.2 Å². The molecule has 1 aromatic rings. The van der Waals surface area contributed by atoms with Crippen LogP contribution in [0.1, 0.15) is 50.7 Å². The molecule has 2 aliphatic heterocycles. The molecule has 0 radical (unpaired) electrons. The molecule has 1 aromatic carbocycles. The highest BCUT2D eigenvalue weighted by atomic mass is 32.2. The maximum Gasteiger partial charge on any atom is 0.266 e. The van der Waals surface area contributed by atoms with Gasteiger partial charge in [0.15, 0.2) is 21.2 Å². The summed E-state index contributed by atoms with van der Waals surface area (Å²) in [7, 11) is -3.86. The highest BCUT2D eigenvalue weighted by molar-refractivity contribution is 7.92. The zero-order chi connectivity index (χ0) is 21.4. The van der Waals surface area contributed by atoms with Gasteiger partial charge in [-0.2, -0.15) is 0 Å². The lowest BCUT2D eigenvalue weighted by Gasteiger charge is -2.46. The van der Waals surface area contributed by atoms with Gasteiger partial charge in [0, 0.05) is 29.3 Å². The molecule has 0 saturated carbocycles. The van der Waals surface area contributed by atoms with E-state index in [2.05, 4.69) is 0 Å². The predicted octanol–water partition coefficient (Wildman–Crippen LogP) is 2.95. The summed E-state index contributed by atoms with van der Waals surface area (Å²) in [4.78, 5) is 24.4. The first kappa shape index (κ1) is 20.1. The smallest absolute Gasteiger partial charge is 0.266 e.